The zero-order valence-corrected chi connectivity index (χ0v) is 8.70. The molecule has 0 aliphatic carbocycles. The third-order valence-electron chi connectivity index (χ3n) is 2.70. The molecule has 0 saturated heterocycles. The molecule has 0 aromatic heterocycles. The van der Waals surface area contributed by atoms with Crippen LogP contribution in [-0.4, -0.2) is 29.8 Å². The second-order valence-electron chi connectivity index (χ2n) is 3.48. The quantitative estimate of drug-likeness (QED) is 0.672. The minimum absolute atomic E-state index is 0.0774. The van der Waals surface area contributed by atoms with E-state index < -0.39 is 17.6 Å². The van der Waals surface area contributed by atoms with E-state index in [1.165, 1.54) is 7.11 Å². The van der Waals surface area contributed by atoms with Gasteiger partial charge in [0, 0.05) is 7.11 Å². The van der Waals surface area contributed by atoms with Gasteiger partial charge in [0.2, 0.25) is 0 Å². The smallest absolute Gasteiger partial charge is 0.323 e. The molecule has 0 aromatic rings. The van der Waals surface area contributed by atoms with Crippen LogP contribution in [0.1, 0.15) is 27.2 Å². The summed E-state index contributed by atoms with van der Waals surface area (Å²) in [5.74, 6) is -0.939. The summed E-state index contributed by atoms with van der Waals surface area (Å²) in [6.45, 7) is 5.71. The van der Waals surface area contributed by atoms with Gasteiger partial charge in [-0.15, -0.1) is 0 Å². The van der Waals surface area contributed by atoms with E-state index in [0.717, 1.165) is 0 Å². The van der Waals surface area contributed by atoms with Gasteiger partial charge < -0.3 is 15.6 Å². The van der Waals surface area contributed by atoms with Crippen molar-refractivity contribution in [3.05, 3.63) is 0 Å². The van der Waals surface area contributed by atoms with Crippen molar-refractivity contribution in [2.24, 2.45) is 11.7 Å². The highest BCUT2D eigenvalue weighted by atomic mass is 16.5. The Bertz CT molecular complexity index is 176. The molecule has 0 aliphatic heterocycles. The van der Waals surface area contributed by atoms with Gasteiger partial charge in [-0.25, -0.2) is 0 Å². The number of carboxylic acids is 1. The second kappa shape index (κ2) is 4.58. The van der Waals surface area contributed by atoms with Crippen LogP contribution in [0, 0.1) is 5.92 Å². The van der Waals surface area contributed by atoms with E-state index in [2.05, 4.69) is 0 Å². The Balaban J connectivity index is 4.85. The van der Waals surface area contributed by atoms with Crippen LogP contribution in [0.2, 0.25) is 0 Å². The van der Waals surface area contributed by atoms with E-state index in [4.69, 9.17) is 15.6 Å². The zero-order valence-electron chi connectivity index (χ0n) is 8.70. The Morgan fingerprint density at radius 3 is 2.15 bits per heavy atom. The van der Waals surface area contributed by atoms with Crippen molar-refractivity contribution in [2.75, 3.05) is 7.11 Å². The zero-order chi connectivity index (χ0) is 10.6. The summed E-state index contributed by atoms with van der Waals surface area (Å²) >= 11 is 0. The van der Waals surface area contributed by atoms with Crippen molar-refractivity contribution in [3.63, 3.8) is 0 Å². The van der Waals surface area contributed by atoms with Crippen LogP contribution < -0.4 is 5.73 Å². The fourth-order valence-corrected chi connectivity index (χ4v) is 1.70. The summed E-state index contributed by atoms with van der Waals surface area (Å²) in [7, 11) is 1.51. The highest BCUT2D eigenvalue weighted by Crippen LogP contribution is 2.28. The van der Waals surface area contributed by atoms with Crippen LogP contribution in [0.4, 0.5) is 0 Å². The van der Waals surface area contributed by atoms with Crippen LogP contribution in [0.25, 0.3) is 0 Å². The van der Waals surface area contributed by atoms with Gasteiger partial charge in [0.1, 0.15) is 6.04 Å². The van der Waals surface area contributed by atoms with Gasteiger partial charge >= 0.3 is 5.97 Å². The van der Waals surface area contributed by atoms with Gasteiger partial charge in [0.05, 0.1) is 5.60 Å². The molecular weight excluding hydrogens is 170 g/mol. The summed E-state index contributed by atoms with van der Waals surface area (Å²) in [6, 6.07) is -0.970. The minimum Gasteiger partial charge on any atom is -0.480 e. The Morgan fingerprint density at radius 1 is 1.62 bits per heavy atom. The van der Waals surface area contributed by atoms with Gasteiger partial charge in [0.25, 0.3) is 0 Å². The van der Waals surface area contributed by atoms with Crippen molar-refractivity contribution < 1.29 is 14.6 Å². The fraction of sp³-hybridized carbons (Fsp3) is 0.889. The van der Waals surface area contributed by atoms with Crippen molar-refractivity contribution >= 4 is 5.97 Å². The van der Waals surface area contributed by atoms with E-state index in [9.17, 15) is 4.79 Å². The van der Waals surface area contributed by atoms with Crippen molar-refractivity contribution in [3.8, 4) is 0 Å². The molecule has 0 bridgehead atoms. The number of hydrogen-bond acceptors (Lipinski definition) is 3. The van der Waals surface area contributed by atoms with Crippen LogP contribution >= 0.6 is 0 Å². The predicted molar refractivity (Wildman–Crippen MR) is 50.5 cm³/mol. The van der Waals surface area contributed by atoms with Gasteiger partial charge in [0.15, 0.2) is 0 Å². The molecule has 3 N–H and O–H groups in total. The molecule has 0 heterocycles. The Labute approximate surface area is 79.1 Å². The number of rotatable bonds is 5. The first-order valence-corrected chi connectivity index (χ1v) is 4.45. The largest absolute Gasteiger partial charge is 0.480 e. The van der Waals surface area contributed by atoms with Crippen LogP contribution in [0.3, 0.4) is 0 Å². The highest BCUT2D eigenvalue weighted by Gasteiger charge is 2.42. The first kappa shape index (κ1) is 12.4. The maximum absolute atomic E-state index is 10.8. The average molecular weight is 189 g/mol. The lowest BCUT2D eigenvalue weighted by molar-refractivity contribution is -0.151. The lowest BCUT2D eigenvalue weighted by atomic mass is 9.81. The third kappa shape index (κ3) is 2.19. The van der Waals surface area contributed by atoms with Gasteiger partial charge in [-0.3, -0.25) is 4.79 Å². The van der Waals surface area contributed by atoms with E-state index in [-0.39, 0.29) is 5.92 Å². The molecule has 2 atom stereocenters. The lowest BCUT2D eigenvalue weighted by Crippen LogP contribution is -2.56. The summed E-state index contributed by atoms with van der Waals surface area (Å²) in [4.78, 5) is 10.8. The number of hydrogen-bond donors (Lipinski definition) is 2. The average Bonchev–Trinajstić information content (AvgIpc) is 2.06. The molecule has 78 valence electrons. The molecule has 4 nitrogen and oxygen atoms in total. The molecule has 0 aromatic carbocycles. The molecule has 0 rings (SSSR count). The molecule has 2 unspecified atom stereocenters. The maximum Gasteiger partial charge on any atom is 0.323 e. The third-order valence-corrected chi connectivity index (χ3v) is 2.70. The Kier molecular flexibility index (Phi) is 4.36. The first-order valence-electron chi connectivity index (χ1n) is 4.45. The van der Waals surface area contributed by atoms with E-state index >= 15 is 0 Å². The molecule has 0 saturated carbocycles. The number of carboxylic acid groups (broad SMARTS) is 1. The summed E-state index contributed by atoms with van der Waals surface area (Å²) < 4.78 is 5.27. The van der Waals surface area contributed by atoms with Crippen LogP contribution in [0.15, 0.2) is 0 Å². The highest BCUT2D eigenvalue weighted by molar-refractivity contribution is 5.75. The van der Waals surface area contributed by atoms with Crippen molar-refractivity contribution in [2.45, 2.75) is 38.8 Å². The monoisotopic (exact) mass is 189 g/mol. The van der Waals surface area contributed by atoms with Crippen LogP contribution in [-0.2, 0) is 9.53 Å². The molecule has 0 spiro atoms. The first-order chi connectivity index (χ1) is 5.92. The van der Waals surface area contributed by atoms with E-state index in [1.807, 2.05) is 20.8 Å². The minimum atomic E-state index is -1.02. The summed E-state index contributed by atoms with van der Waals surface area (Å²) in [6.07, 6.45) is 0.592. The number of ether oxygens (including phenoxy) is 1. The van der Waals surface area contributed by atoms with E-state index in [0.29, 0.717) is 6.42 Å². The van der Waals surface area contributed by atoms with Crippen molar-refractivity contribution in [1.82, 2.24) is 0 Å². The van der Waals surface area contributed by atoms with Crippen molar-refractivity contribution in [1.29, 1.82) is 0 Å². The Morgan fingerprint density at radius 2 is 2.08 bits per heavy atom. The molecule has 13 heavy (non-hydrogen) atoms. The number of aliphatic carboxylic acids is 1. The predicted octanol–water partition coefficient (Wildman–Crippen LogP) is 0.849. The molecule has 4 heteroatoms. The standard InChI is InChI=1S/C9H19NO3/c1-5-9(13-4,6(2)3)7(10)8(11)12/h6-7H,5,10H2,1-4H3,(H,11,12). The van der Waals surface area contributed by atoms with Gasteiger partial charge in [-0.05, 0) is 12.3 Å². The number of methoxy groups -OCH3 is 1. The molecule has 0 fully saturated rings. The molecular formula is C9H19NO3. The second-order valence-corrected chi connectivity index (χ2v) is 3.48. The Hall–Kier alpha value is -0.610. The summed E-state index contributed by atoms with van der Waals surface area (Å²) in [5, 5.41) is 8.82. The molecule has 0 radical (unpaired) electrons. The topological polar surface area (TPSA) is 72.5 Å². The van der Waals surface area contributed by atoms with Gasteiger partial charge in [-0.2, -0.15) is 0 Å². The normalized spacial score (nSPS) is 18.3. The van der Waals surface area contributed by atoms with Crippen LogP contribution in [0.5, 0.6) is 0 Å². The number of carbonyl (C=O) groups is 1. The fourth-order valence-electron chi connectivity index (χ4n) is 1.70. The van der Waals surface area contributed by atoms with Gasteiger partial charge in [-0.1, -0.05) is 20.8 Å². The van der Waals surface area contributed by atoms with E-state index in [1.54, 1.807) is 0 Å². The SMILES string of the molecule is CCC(OC)(C(C)C)C(N)C(=O)O. The summed E-state index contributed by atoms with van der Waals surface area (Å²) in [5.41, 5.74) is 4.84. The lowest BCUT2D eigenvalue weighted by Gasteiger charge is -2.38. The molecule has 0 aliphatic rings. The number of nitrogens with two attached hydrogens (primary N) is 1. The maximum atomic E-state index is 10.8. The molecule has 0 amide bonds.